The van der Waals surface area contributed by atoms with Gasteiger partial charge < -0.3 is 15.2 Å². The highest BCUT2D eigenvalue weighted by Crippen LogP contribution is 2.40. The lowest BCUT2D eigenvalue weighted by molar-refractivity contribution is -0.113. The molecule has 2 aromatic carbocycles. The topological polar surface area (TPSA) is 88.9 Å². The van der Waals surface area contributed by atoms with Crippen LogP contribution in [0.25, 0.3) is 0 Å². The molecule has 0 bridgehead atoms. The molecule has 2 amide bonds. The molecule has 2 fully saturated rings. The minimum absolute atomic E-state index is 0.132. The lowest BCUT2D eigenvalue weighted by atomic mass is 10.1. The summed E-state index contributed by atoms with van der Waals surface area (Å²) >= 11 is 1.38. The van der Waals surface area contributed by atoms with Crippen LogP contribution in [0.4, 0.5) is 5.69 Å². The number of carbonyl (C=O) groups is 2. The zero-order chi connectivity index (χ0) is 23.3. The molecule has 0 aliphatic heterocycles. The maximum Gasteiger partial charge on any atom is 0.253 e. The molecule has 3 aromatic rings. The third kappa shape index (κ3) is 5.50. The highest BCUT2D eigenvalue weighted by Gasteiger charge is 2.30. The molecule has 2 saturated carbocycles. The molecule has 2 aliphatic carbocycles. The maximum atomic E-state index is 12.8. The number of rotatable bonds is 9. The average Bonchev–Trinajstić information content (AvgIpc) is 3.42. The van der Waals surface area contributed by atoms with Gasteiger partial charge in [0.05, 0.1) is 23.5 Å². The van der Waals surface area contributed by atoms with Gasteiger partial charge in [0.15, 0.2) is 5.16 Å². The second-order valence-electron chi connectivity index (χ2n) is 9.02. The van der Waals surface area contributed by atoms with Gasteiger partial charge in [-0.25, -0.2) is 0 Å². The van der Waals surface area contributed by atoms with Gasteiger partial charge in [-0.05, 0) is 43.4 Å². The number of hydrogen-bond acceptors (Lipinski definition) is 5. The Morgan fingerprint density at radius 1 is 0.941 bits per heavy atom. The van der Waals surface area contributed by atoms with Crippen LogP contribution >= 0.6 is 11.8 Å². The van der Waals surface area contributed by atoms with E-state index >= 15 is 0 Å². The van der Waals surface area contributed by atoms with Gasteiger partial charge in [-0.15, -0.1) is 10.2 Å². The van der Waals surface area contributed by atoms with Crippen molar-refractivity contribution in [1.82, 2.24) is 20.1 Å². The summed E-state index contributed by atoms with van der Waals surface area (Å²) in [6.45, 7) is 0.688. The molecule has 8 heteroatoms. The number of carbonyl (C=O) groups excluding carboxylic acids is 2. The van der Waals surface area contributed by atoms with Crippen LogP contribution in [-0.4, -0.2) is 38.4 Å². The Morgan fingerprint density at radius 3 is 2.44 bits per heavy atom. The van der Waals surface area contributed by atoms with Crippen molar-refractivity contribution in [1.29, 1.82) is 0 Å². The van der Waals surface area contributed by atoms with Gasteiger partial charge in [0, 0.05) is 12.0 Å². The Bertz CT molecular complexity index is 1150. The summed E-state index contributed by atoms with van der Waals surface area (Å²) in [6.07, 6.45) is 6.61. The van der Waals surface area contributed by atoms with Gasteiger partial charge in [0.2, 0.25) is 5.91 Å². The molecule has 34 heavy (non-hydrogen) atoms. The predicted octanol–water partition coefficient (Wildman–Crippen LogP) is 4.61. The van der Waals surface area contributed by atoms with Crippen LogP contribution in [0.15, 0.2) is 59.8 Å². The maximum absolute atomic E-state index is 12.8. The Morgan fingerprint density at radius 2 is 1.68 bits per heavy atom. The zero-order valence-corrected chi connectivity index (χ0v) is 19.9. The fourth-order valence-corrected chi connectivity index (χ4v) is 5.15. The van der Waals surface area contributed by atoms with E-state index in [0.717, 1.165) is 49.5 Å². The normalized spacial score (nSPS) is 15.9. The fraction of sp³-hybridized carbons (Fsp3) is 0.385. The van der Waals surface area contributed by atoms with E-state index in [4.69, 9.17) is 0 Å². The quantitative estimate of drug-likeness (QED) is 0.441. The number of hydrogen-bond donors (Lipinski definition) is 2. The molecule has 0 spiro atoms. The summed E-state index contributed by atoms with van der Waals surface area (Å²) in [5, 5.41) is 15.6. The Balaban J connectivity index is 1.24. The van der Waals surface area contributed by atoms with Crippen molar-refractivity contribution in [2.24, 2.45) is 0 Å². The molecule has 2 aliphatic rings. The number of nitrogens with one attached hydrogen (secondary N) is 2. The second-order valence-corrected chi connectivity index (χ2v) is 9.97. The van der Waals surface area contributed by atoms with E-state index in [1.165, 1.54) is 17.3 Å². The monoisotopic (exact) mass is 475 g/mol. The highest BCUT2D eigenvalue weighted by molar-refractivity contribution is 7.99. The Kier molecular flexibility index (Phi) is 6.94. The third-order valence-corrected chi connectivity index (χ3v) is 7.31. The van der Waals surface area contributed by atoms with Gasteiger partial charge in [-0.2, -0.15) is 0 Å². The summed E-state index contributed by atoms with van der Waals surface area (Å²) in [5.74, 6) is 1.35. The average molecular weight is 476 g/mol. The Hall–Kier alpha value is -3.13. The molecular weight excluding hydrogens is 446 g/mol. The number of para-hydroxylation sites is 1. The molecule has 176 valence electrons. The number of nitrogens with zero attached hydrogens (tertiary/aromatic N) is 3. The lowest BCUT2D eigenvalue weighted by Crippen LogP contribution is -2.33. The SMILES string of the molecule is O=C(CSc1nnc(C2CC2)n1Cc1ccccc1)Nc1ccccc1C(=O)NC1CCCC1. The van der Waals surface area contributed by atoms with Crippen LogP contribution in [0.1, 0.15) is 66.2 Å². The molecule has 0 unspecified atom stereocenters. The van der Waals surface area contributed by atoms with Crippen molar-refractivity contribution in [3.05, 3.63) is 71.5 Å². The van der Waals surface area contributed by atoms with Gasteiger partial charge in [0.25, 0.3) is 5.91 Å². The third-order valence-electron chi connectivity index (χ3n) is 6.34. The van der Waals surface area contributed by atoms with Crippen molar-refractivity contribution in [2.45, 2.75) is 62.2 Å². The van der Waals surface area contributed by atoms with Crippen molar-refractivity contribution in [3.63, 3.8) is 0 Å². The minimum atomic E-state index is -0.173. The summed E-state index contributed by atoms with van der Waals surface area (Å²) in [6, 6.07) is 17.6. The molecule has 2 N–H and O–H groups in total. The van der Waals surface area contributed by atoms with Gasteiger partial charge in [-0.3, -0.25) is 9.59 Å². The minimum Gasteiger partial charge on any atom is -0.349 e. The van der Waals surface area contributed by atoms with E-state index in [0.29, 0.717) is 23.7 Å². The first-order valence-electron chi connectivity index (χ1n) is 12.0. The number of benzene rings is 2. The largest absolute Gasteiger partial charge is 0.349 e. The molecule has 5 rings (SSSR count). The molecule has 7 nitrogen and oxygen atoms in total. The molecule has 1 heterocycles. The van der Waals surface area contributed by atoms with E-state index in [9.17, 15) is 9.59 Å². The highest BCUT2D eigenvalue weighted by atomic mass is 32.2. The molecule has 0 atom stereocenters. The van der Waals surface area contributed by atoms with Crippen molar-refractivity contribution < 1.29 is 9.59 Å². The van der Waals surface area contributed by atoms with Crippen molar-refractivity contribution in [3.8, 4) is 0 Å². The van der Waals surface area contributed by atoms with Crippen LogP contribution in [0.2, 0.25) is 0 Å². The van der Waals surface area contributed by atoms with E-state index in [1.807, 2.05) is 30.3 Å². The van der Waals surface area contributed by atoms with Crippen LogP contribution in [0.5, 0.6) is 0 Å². The molecular formula is C26H29N5O2S. The summed E-state index contributed by atoms with van der Waals surface area (Å²) in [5.41, 5.74) is 2.21. The molecule has 0 radical (unpaired) electrons. The fourth-order valence-electron chi connectivity index (χ4n) is 4.40. The zero-order valence-electron chi connectivity index (χ0n) is 19.1. The first kappa shape index (κ1) is 22.7. The van der Waals surface area contributed by atoms with Gasteiger partial charge in [0.1, 0.15) is 5.82 Å². The smallest absolute Gasteiger partial charge is 0.253 e. The molecule has 0 saturated heterocycles. The number of thioether (sulfide) groups is 1. The van der Waals surface area contributed by atoms with E-state index in [-0.39, 0.29) is 23.6 Å². The lowest BCUT2D eigenvalue weighted by Gasteiger charge is -2.15. The summed E-state index contributed by atoms with van der Waals surface area (Å²) < 4.78 is 2.13. The number of aromatic nitrogens is 3. The second kappa shape index (κ2) is 10.4. The predicted molar refractivity (Wildman–Crippen MR) is 133 cm³/mol. The van der Waals surface area contributed by atoms with Crippen molar-refractivity contribution >= 4 is 29.3 Å². The number of anilines is 1. The first-order valence-corrected chi connectivity index (χ1v) is 13.0. The standard InChI is InChI=1S/C26H29N5O2S/c32-23(28-22-13-7-6-12-21(22)25(33)27-20-10-4-5-11-20)17-34-26-30-29-24(19-14-15-19)31(26)16-18-8-2-1-3-9-18/h1-3,6-9,12-13,19-20H,4-5,10-11,14-17H2,(H,27,33)(H,28,32). The van der Waals surface area contributed by atoms with E-state index in [2.05, 4.69) is 37.5 Å². The van der Waals surface area contributed by atoms with Gasteiger partial charge in [-0.1, -0.05) is 67.1 Å². The number of amides is 2. The Labute approximate surface area is 203 Å². The molecule has 1 aromatic heterocycles. The van der Waals surface area contributed by atoms with E-state index < -0.39 is 0 Å². The van der Waals surface area contributed by atoms with Crippen molar-refractivity contribution in [2.75, 3.05) is 11.1 Å². The first-order chi connectivity index (χ1) is 16.7. The van der Waals surface area contributed by atoms with Gasteiger partial charge >= 0.3 is 0 Å². The van der Waals surface area contributed by atoms with Crippen LogP contribution < -0.4 is 10.6 Å². The van der Waals surface area contributed by atoms with Crippen LogP contribution in [-0.2, 0) is 11.3 Å². The van der Waals surface area contributed by atoms with E-state index in [1.54, 1.807) is 12.1 Å². The summed E-state index contributed by atoms with van der Waals surface area (Å²) in [4.78, 5) is 25.6. The van der Waals surface area contributed by atoms with Crippen LogP contribution in [0.3, 0.4) is 0 Å². The van der Waals surface area contributed by atoms with Crippen LogP contribution in [0, 0.1) is 0 Å². The summed E-state index contributed by atoms with van der Waals surface area (Å²) in [7, 11) is 0.